The van der Waals surface area contributed by atoms with Gasteiger partial charge in [-0.1, -0.05) is 6.07 Å². The highest BCUT2D eigenvalue weighted by Crippen LogP contribution is 2.25. The van der Waals surface area contributed by atoms with E-state index >= 15 is 0 Å². The third-order valence-electron chi connectivity index (χ3n) is 3.35. The number of hydrogen-bond acceptors (Lipinski definition) is 5. The van der Waals surface area contributed by atoms with Crippen LogP contribution in [0.1, 0.15) is 29.8 Å². The zero-order valence-corrected chi connectivity index (χ0v) is 15.3. The summed E-state index contributed by atoms with van der Waals surface area (Å²) in [7, 11) is -2.43. The third-order valence-corrected chi connectivity index (χ3v) is 5.03. The average molecular weight is 363 g/mol. The fourth-order valence-corrected chi connectivity index (χ4v) is 3.64. The zero-order chi connectivity index (χ0) is 18.6. The van der Waals surface area contributed by atoms with E-state index in [9.17, 15) is 13.2 Å². The molecule has 1 aromatic carbocycles. The van der Waals surface area contributed by atoms with Crippen LogP contribution < -0.4 is 14.8 Å². The van der Waals surface area contributed by atoms with Gasteiger partial charge in [0.15, 0.2) is 0 Å². The molecule has 0 fully saturated rings. The summed E-state index contributed by atoms with van der Waals surface area (Å²) >= 11 is 0. The van der Waals surface area contributed by atoms with Crippen molar-refractivity contribution in [2.45, 2.75) is 31.7 Å². The Balaban J connectivity index is 2.38. The lowest BCUT2D eigenvalue weighted by Gasteiger charge is -2.14. The van der Waals surface area contributed by atoms with E-state index in [1.54, 1.807) is 26.1 Å². The molecule has 0 atom stereocenters. The van der Waals surface area contributed by atoms with Gasteiger partial charge in [0.25, 0.3) is 5.91 Å². The molecule has 0 radical (unpaired) electrons. The molecule has 8 heteroatoms. The molecule has 0 saturated carbocycles. The fourth-order valence-electron chi connectivity index (χ4n) is 2.20. The maximum absolute atomic E-state index is 12.5. The van der Waals surface area contributed by atoms with E-state index in [4.69, 9.17) is 4.74 Å². The monoisotopic (exact) mass is 363 g/mol. The van der Waals surface area contributed by atoms with Gasteiger partial charge in [-0.15, -0.1) is 0 Å². The summed E-state index contributed by atoms with van der Waals surface area (Å²) < 4.78 is 32.6. The first-order valence-corrected chi connectivity index (χ1v) is 9.16. The molecule has 25 heavy (non-hydrogen) atoms. The van der Waals surface area contributed by atoms with Crippen LogP contribution >= 0.6 is 0 Å². The Labute approximate surface area is 147 Å². The summed E-state index contributed by atoms with van der Waals surface area (Å²) in [6.45, 7) is 5.24. The lowest BCUT2D eigenvalue weighted by Crippen LogP contribution is -2.30. The first-order valence-electron chi connectivity index (χ1n) is 7.68. The molecule has 0 aliphatic carbocycles. The number of benzene rings is 1. The summed E-state index contributed by atoms with van der Waals surface area (Å²) in [6, 6.07) is 7.54. The van der Waals surface area contributed by atoms with Crippen molar-refractivity contribution in [3.8, 4) is 5.75 Å². The molecule has 2 rings (SSSR count). The lowest BCUT2D eigenvalue weighted by atomic mass is 10.2. The SMILES string of the molecule is COc1ccc(C(=O)Nc2ncccc2C)cc1S(=O)(=O)NC(C)C. The molecule has 1 aromatic heterocycles. The zero-order valence-electron chi connectivity index (χ0n) is 14.5. The van der Waals surface area contributed by atoms with Gasteiger partial charge in [0, 0.05) is 17.8 Å². The van der Waals surface area contributed by atoms with Crippen molar-refractivity contribution in [1.82, 2.24) is 9.71 Å². The van der Waals surface area contributed by atoms with Crippen LogP contribution in [0.5, 0.6) is 5.75 Å². The summed E-state index contributed by atoms with van der Waals surface area (Å²) in [6.07, 6.45) is 1.57. The minimum absolute atomic E-state index is 0.0888. The summed E-state index contributed by atoms with van der Waals surface area (Å²) in [4.78, 5) is 16.5. The highest BCUT2D eigenvalue weighted by Gasteiger charge is 2.22. The predicted molar refractivity (Wildman–Crippen MR) is 95.4 cm³/mol. The molecule has 0 saturated heterocycles. The average Bonchev–Trinajstić information content (AvgIpc) is 2.55. The summed E-state index contributed by atoms with van der Waals surface area (Å²) in [5, 5.41) is 2.68. The molecule has 2 N–H and O–H groups in total. The Morgan fingerprint density at radius 3 is 2.56 bits per heavy atom. The number of carbonyl (C=O) groups is 1. The van der Waals surface area contributed by atoms with Crippen LogP contribution in [-0.4, -0.2) is 32.5 Å². The van der Waals surface area contributed by atoms with Crippen LogP contribution in [0.4, 0.5) is 5.82 Å². The second-order valence-electron chi connectivity index (χ2n) is 5.76. The Bertz CT molecular complexity index is 879. The van der Waals surface area contributed by atoms with Gasteiger partial charge >= 0.3 is 0 Å². The fraction of sp³-hybridized carbons (Fsp3) is 0.294. The highest BCUT2D eigenvalue weighted by molar-refractivity contribution is 7.89. The molecule has 0 aliphatic heterocycles. The number of nitrogens with one attached hydrogen (secondary N) is 2. The maximum Gasteiger partial charge on any atom is 0.256 e. The van der Waals surface area contributed by atoms with Crippen LogP contribution in [0.25, 0.3) is 0 Å². The van der Waals surface area contributed by atoms with Crippen molar-refractivity contribution in [3.05, 3.63) is 47.7 Å². The van der Waals surface area contributed by atoms with Gasteiger partial charge in [0.05, 0.1) is 7.11 Å². The minimum atomic E-state index is -3.81. The number of methoxy groups -OCH3 is 1. The summed E-state index contributed by atoms with van der Waals surface area (Å²) in [5.41, 5.74) is 0.994. The van der Waals surface area contributed by atoms with Crippen LogP contribution in [0.2, 0.25) is 0 Å². The van der Waals surface area contributed by atoms with Crippen molar-refractivity contribution in [3.63, 3.8) is 0 Å². The molecule has 0 aliphatic rings. The molecule has 0 spiro atoms. The standard InChI is InChI=1S/C17H21N3O4S/c1-11(2)20-25(22,23)15-10-13(7-8-14(15)24-4)17(21)19-16-12(3)6-5-9-18-16/h5-11,20H,1-4H3,(H,18,19,21). The second kappa shape index (κ2) is 7.62. The van der Waals surface area contributed by atoms with Crippen molar-refractivity contribution in [2.24, 2.45) is 0 Å². The maximum atomic E-state index is 12.5. The van der Waals surface area contributed by atoms with E-state index in [2.05, 4.69) is 15.0 Å². The Kier molecular flexibility index (Phi) is 5.76. The number of aryl methyl sites for hydroxylation is 1. The summed E-state index contributed by atoms with van der Waals surface area (Å²) in [5.74, 6) is 0.136. The number of sulfonamides is 1. The number of carbonyl (C=O) groups excluding carboxylic acids is 1. The van der Waals surface area contributed by atoms with Crippen molar-refractivity contribution in [2.75, 3.05) is 12.4 Å². The van der Waals surface area contributed by atoms with Gasteiger partial charge in [0.2, 0.25) is 10.0 Å². The molecule has 0 unspecified atom stereocenters. The number of pyridine rings is 1. The van der Waals surface area contributed by atoms with Crippen LogP contribution in [0.3, 0.4) is 0 Å². The van der Waals surface area contributed by atoms with E-state index in [0.717, 1.165) is 5.56 Å². The minimum Gasteiger partial charge on any atom is -0.495 e. The quantitative estimate of drug-likeness (QED) is 0.821. The molecule has 1 heterocycles. The van der Waals surface area contributed by atoms with Gasteiger partial charge in [-0.3, -0.25) is 4.79 Å². The molecule has 134 valence electrons. The van der Waals surface area contributed by atoms with E-state index in [0.29, 0.717) is 5.82 Å². The van der Waals surface area contributed by atoms with Crippen molar-refractivity contribution in [1.29, 1.82) is 0 Å². The largest absolute Gasteiger partial charge is 0.495 e. The number of anilines is 1. The number of hydrogen-bond donors (Lipinski definition) is 2. The van der Waals surface area contributed by atoms with Gasteiger partial charge < -0.3 is 10.1 Å². The molecule has 1 amide bonds. The molecule has 2 aromatic rings. The van der Waals surface area contributed by atoms with Gasteiger partial charge in [-0.25, -0.2) is 18.1 Å². The van der Waals surface area contributed by atoms with Gasteiger partial charge in [-0.2, -0.15) is 0 Å². The number of rotatable bonds is 6. The molecular formula is C17H21N3O4S. The topological polar surface area (TPSA) is 97.4 Å². The Morgan fingerprint density at radius 1 is 1.24 bits per heavy atom. The van der Waals surface area contributed by atoms with Crippen LogP contribution in [0, 0.1) is 6.92 Å². The van der Waals surface area contributed by atoms with E-state index in [-0.39, 0.29) is 22.3 Å². The number of aromatic nitrogens is 1. The molecular weight excluding hydrogens is 342 g/mol. The van der Waals surface area contributed by atoms with Crippen molar-refractivity contribution >= 4 is 21.7 Å². The highest BCUT2D eigenvalue weighted by atomic mass is 32.2. The predicted octanol–water partition coefficient (Wildman–Crippen LogP) is 2.34. The van der Waals surface area contributed by atoms with Crippen LogP contribution in [0.15, 0.2) is 41.4 Å². The smallest absolute Gasteiger partial charge is 0.256 e. The lowest BCUT2D eigenvalue weighted by molar-refractivity contribution is 0.102. The van der Waals surface area contributed by atoms with E-state index < -0.39 is 15.9 Å². The number of nitrogens with zero attached hydrogens (tertiary/aromatic N) is 1. The van der Waals surface area contributed by atoms with Crippen molar-refractivity contribution < 1.29 is 17.9 Å². The Hall–Kier alpha value is -2.45. The normalized spacial score (nSPS) is 11.4. The van der Waals surface area contributed by atoms with Gasteiger partial charge in [-0.05, 0) is 50.6 Å². The first-order chi connectivity index (χ1) is 11.7. The van der Waals surface area contributed by atoms with E-state index in [1.165, 1.54) is 25.3 Å². The molecule has 0 bridgehead atoms. The van der Waals surface area contributed by atoms with Crippen LogP contribution in [-0.2, 0) is 10.0 Å². The molecule has 7 nitrogen and oxygen atoms in total. The third kappa shape index (κ3) is 4.55. The number of ether oxygens (including phenoxy) is 1. The van der Waals surface area contributed by atoms with Gasteiger partial charge in [0.1, 0.15) is 16.5 Å². The first kappa shape index (κ1) is 18.9. The number of amides is 1. The van der Waals surface area contributed by atoms with E-state index in [1.807, 2.05) is 13.0 Å². The second-order valence-corrected chi connectivity index (χ2v) is 7.45. The Morgan fingerprint density at radius 2 is 1.96 bits per heavy atom.